The van der Waals surface area contributed by atoms with Gasteiger partial charge in [0.25, 0.3) is 0 Å². The summed E-state index contributed by atoms with van der Waals surface area (Å²) in [6.07, 6.45) is 0. The highest BCUT2D eigenvalue weighted by atomic mass is 16.5. The number of hydrogen-bond donors (Lipinski definition) is 2. The topological polar surface area (TPSA) is 76.4 Å². The van der Waals surface area contributed by atoms with Gasteiger partial charge >= 0.3 is 6.03 Å². The molecule has 0 saturated heterocycles. The summed E-state index contributed by atoms with van der Waals surface area (Å²) in [5, 5.41) is 9.25. The van der Waals surface area contributed by atoms with E-state index in [9.17, 15) is 4.79 Å². The Morgan fingerprint density at radius 2 is 1.62 bits per heavy atom. The van der Waals surface area contributed by atoms with Crippen molar-refractivity contribution in [1.29, 1.82) is 0 Å². The number of anilines is 2. The fraction of sp³-hybridized carbons (Fsp3) is 0.200. The van der Waals surface area contributed by atoms with Crippen molar-refractivity contribution in [3.05, 3.63) is 66.4 Å². The lowest BCUT2D eigenvalue weighted by Gasteiger charge is -2.12. The van der Waals surface area contributed by atoms with Crippen LogP contribution in [0.1, 0.15) is 26.5 Å². The maximum absolute atomic E-state index is 12.1. The van der Waals surface area contributed by atoms with Crippen molar-refractivity contribution in [2.24, 2.45) is 0 Å². The van der Waals surface area contributed by atoms with Gasteiger partial charge in [0.05, 0.1) is 0 Å². The molecular weight excluding hydrogens is 330 g/mol. The van der Waals surface area contributed by atoms with Crippen LogP contribution >= 0.6 is 0 Å². The first kappa shape index (κ1) is 17.5. The Balaban J connectivity index is 1.57. The van der Waals surface area contributed by atoms with Crippen molar-refractivity contribution >= 4 is 17.5 Å². The number of aromatic nitrogens is 1. The molecule has 2 N–H and O–H groups in total. The van der Waals surface area contributed by atoms with E-state index in [-0.39, 0.29) is 5.41 Å². The second-order valence-electron chi connectivity index (χ2n) is 6.85. The zero-order valence-electron chi connectivity index (χ0n) is 14.9. The van der Waals surface area contributed by atoms with Crippen LogP contribution in [0.5, 0.6) is 11.5 Å². The summed E-state index contributed by atoms with van der Waals surface area (Å²) in [6, 6.07) is 17.9. The summed E-state index contributed by atoms with van der Waals surface area (Å²) in [4.78, 5) is 12.1. The summed E-state index contributed by atoms with van der Waals surface area (Å²) in [7, 11) is 0. The predicted octanol–water partition coefficient (Wildman–Crippen LogP) is 5.41. The Bertz CT molecular complexity index is 865. The minimum Gasteiger partial charge on any atom is -0.457 e. The largest absolute Gasteiger partial charge is 0.457 e. The van der Waals surface area contributed by atoms with Crippen LogP contribution in [0.15, 0.2) is 65.2 Å². The lowest BCUT2D eigenvalue weighted by molar-refractivity contribution is 0.262. The van der Waals surface area contributed by atoms with Crippen LogP contribution in [-0.2, 0) is 5.41 Å². The lowest BCUT2D eigenvalue weighted by atomic mass is 9.93. The Labute approximate surface area is 152 Å². The highest BCUT2D eigenvalue weighted by molar-refractivity contribution is 5.99. The molecule has 0 aliphatic heterocycles. The predicted molar refractivity (Wildman–Crippen MR) is 101 cm³/mol. The van der Waals surface area contributed by atoms with Gasteiger partial charge in [-0.25, -0.2) is 4.79 Å². The van der Waals surface area contributed by atoms with Gasteiger partial charge in [0, 0.05) is 17.2 Å². The first-order chi connectivity index (χ1) is 12.4. The molecule has 2 amide bonds. The number of amides is 2. The molecule has 6 nitrogen and oxygen atoms in total. The highest BCUT2D eigenvalue weighted by Crippen LogP contribution is 2.25. The van der Waals surface area contributed by atoms with E-state index in [1.54, 1.807) is 30.3 Å². The van der Waals surface area contributed by atoms with Gasteiger partial charge < -0.3 is 14.6 Å². The van der Waals surface area contributed by atoms with E-state index in [2.05, 4.69) is 15.8 Å². The molecule has 1 aromatic heterocycles. The Morgan fingerprint density at radius 3 is 2.23 bits per heavy atom. The summed E-state index contributed by atoms with van der Waals surface area (Å²) in [5.41, 5.74) is 0.472. The van der Waals surface area contributed by atoms with Crippen molar-refractivity contribution in [2.75, 3.05) is 10.6 Å². The van der Waals surface area contributed by atoms with Crippen molar-refractivity contribution < 1.29 is 14.1 Å². The van der Waals surface area contributed by atoms with Crippen LogP contribution in [0.4, 0.5) is 16.3 Å². The number of carbonyl (C=O) groups is 1. The van der Waals surface area contributed by atoms with Gasteiger partial charge in [-0.15, -0.1) is 0 Å². The molecule has 0 aliphatic carbocycles. The first-order valence-corrected chi connectivity index (χ1v) is 8.28. The molecule has 26 heavy (non-hydrogen) atoms. The van der Waals surface area contributed by atoms with Crippen LogP contribution in [0.3, 0.4) is 0 Å². The number of rotatable bonds is 4. The van der Waals surface area contributed by atoms with Gasteiger partial charge in [-0.3, -0.25) is 5.32 Å². The SMILES string of the molecule is CC(C)(C)c1cc(NC(=O)Nc2ccc(Oc3ccccc3)cc2)no1. The molecule has 0 unspecified atom stereocenters. The van der Waals surface area contributed by atoms with E-state index in [0.717, 1.165) is 5.75 Å². The minimum absolute atomic E-state index is 0.169. The van der Waals surface area contributed by atoms with Crippen LogP contribution < -0.4 is 15.4 Å². The molecule has 3 rings (SSSR count). The molecule has 0 spiro atoms. The third-order valence-electron chi connectivity index (χ3n) is 3.58. The van der Waals surface area contributed by atoms with Crippen molar-refractivity contribution in [2.45, 2.75) is 26.2 Å². The van der Waals surface area contributed by atoms with Gasteiger partial charge in [0.15, 0.2) is 5.82 Å². The average Bonchev–Trinajstić information content (AvgIpc) is 3.06. The second kappa shape index (κ2) is 7.31. The van der Waals surface area contributed by atoms with Crippen LogP contribution in [-0.4, -0.2) is 11.2 Å². The van der Waals surface area contributed by atoms with Gasteiger partial charge in [-0.2, -0.15) is 0 Å². The molecule has 2 aromatic carbocycles. The number of hydrogen-bond acceptors (Lipinski definition) is 4. The number of benzene rings is 2. The molecule has 0 fully saturated rings. The quantitative estimate of drug-likeness (QED) is 0.659. The fourth-order valence-corrected chi connectivity index (χ4v) is 2.20. The smallest absolute Gasteiger partial charge is 0.324 e. The zero-order valence-corrected chi connectivity index (χ0v) is 14.9. The molecule has 0 radical (unpaired) electrons. The number of carbonyl (C=O) groups excluding carboxylic acids is 1. The van der Waals surface area contributed by atoms with Gasteiger partial charge in [0.2, 0.25) is 0 Å². The summed E-state index contributed by atoms with van der Waals surface area (Å²) < 4.78 is 11.0. The Morgan fingerprint density at radius 1 is 0.962 bits per heavy atom. The third-order valence-corrected chi connectivity index (χ3v) is 3.58. The van der Waals surface area contributed by atoms with E-state index in [0.29, 0.717) is 23.0 Å². The minimum atomic E-state index is -0.393. The maximum Gasteiger partial charge on any atom is 0.324 e. The monoisotopic (exact) mass is 351 g/mol. The molecule has 1 heterocycles. The normalized spacial score (nSPS) is 11.0. The highest BCUT2D eigenvalue weighted by Gasteiger charge is 2.20. The van der Waals surface area contributed by atoms with Crippen LogP contribution in [0.25, 0.3) is 0 Å². The summed E-state index contributed by atoms with van der Waals surface area (Å²) >= 11 is 0. The van der Waals surface area contributed by atoms with E-state index in [4.69, 9.17) is 9.26 Å². The molecule has 134 valence electrons. The molecule has 3 aromatic rings. The van der Waals surface area contributed by atoms with Crippen LogP contribution in [0.2, 0.25) is 0 Å². The van der Waals surface area contributed by atoms with E-state index in [1.807, 2.05) is 51.1 Å². The molecule has 0 atom stereocenters. The number of nitrogens with zero attached hydrogens (tertiary/aromatic N) is 1. The number of nitrogens with one attached hydrogen (secondary N) is 2. The van der Waals surface area contributed by atoms with E-state index >= 15 is 0 Å². The first-order valence-electron chi connectivity index (χ1n) is 8.28. The fourth-order valence-electron chi connectivity index (χ4n) is 2.20. The zero-order chi connectivity index (χ0) is 18.6. The van der Waals surface area contributed by atoms with Gasteiger partial charge in [-0.1, -0.05) is 44.1 Å². The van der Waals surface area contributed by atoms with Crippen molar-refractivity contribution in [1.82, 2.24) is 5.16 Å². The third kappa shape index (κ3) is 4.63. The summed E-state index contributed by atoms with van der Waals surface area (Å²) in [6.45, 7) is 6.03. The molecule has 6 heteroatoms. The number of para-hydroxylation sites is 1. The van der Waals surface area contributed by atoms with E-state index in [1.165, 1.54) is 0 Å². The van der Waals surface area contributed by atoms with Crippen LogP contribution in [0, 0.1) is 0 Å². The Hall–Kier alpha value is -3.28. The van der Waals surface area contributed by atoms with Crippen molar-refractivity contribution in [3.8, 4) is 11.5 Å². The molecular formula is C20H21N3O3. The summed E-state index contributed by atoms with van der Waals surface area (Å²) in [5.74, 6) is 2.52. The molecule has 0 aliphatic rings. The second-order valence-corrected chi connectivity index (χ2v) is 6.85. The molecule has 0 saturated carbocycles. The average molecular weight is 351 g/mol. The number of ether oxygens (including phenoxy) is 1. The van der Waals surface area contributed by atoms with E-state index < -0.39 is 6.03 Å². The molecule has 0 bridgehead atoms. The standard InChI is InChI=1S/C20H21N3O3/c1-20(2,3)17-13-18(23-26-17)22-19(24)21-14-9-11-16(12-10-14)25-15-7-5-4-6-8-15/h4-13H,1-3H3,(H2,21,22,23,24). The maximum atomic E-state index is 12.1. The van der Waals surface area contributed by atoms with Gasteiger partial charge in [0.1, 0.15) is 17.3 Å². The Kier molecular flexibility index (Phi) is 4.93. The van der Waals surface area contributed by atoms with Crippen molar-refractivity contribution in [3.63, 3.8) is 0 Å². The van der Waals surface area contributed by atoms with Gasteiger partial charge in [-0.05, 0) is 36.4 Å². The lowest BCUT2D eigenvalue weighted by Crippen LogP contribution is -2.19. The number of urea groups is 1.